The Morgan fingerprint density at radius 1 is 1.05 bits per heavy atom. The molecular weight excluding hydrogens is 278 g/mol. The molecule has 0 spiro atoms. The van der Waals surface area contributed by atoms with Gasteiger partial charge in [-0.25, -0.2) is 4.98 Å². The average Bonchev–Trinajstić information content (AvgIpc) is 2.87. The molecule has 1 saturated heterocycles. The van der Waals surface area contributed by atoms with Gasteiger partial charge in [0.25, 0.3) is 0 Å². The van der Waals surface area contributed by atoms with E-state index in [4.69, 9.17) is 4.98 Å². The number of aromatic nitrogens is 1. The van der Waals surface area contributed by atoms with Crippen molar-refractivity contribution in [1.82, 2.24) is 14.8 Å². The van der Waals surface area contributed by atoms with Crippen molar-refractivity contribution in [3.63, 3.8) is 0 Å². The number of benzene rings is 1. The molecule has 0 unspecified atom stereocenters. The first kappa shape index (κ1) is 14.7. The second-order valence-electron chi connectivity index (χ2n) is 5.56. The summed E-state index contributed by atoms with van der Waals surface area (Å²) < 4.78 is 0. The average molecular weight is 301 g/mol. The maximum atomic E-state index is 4.81. The number of nitrogens with zero attached hydrogens (tertiary/aromatic N) is 3. The molecule has 1 fully saturated rings. The molecule has 3 nitrogen and oxygen atoms in total. The molecule has 0 bridgehead atoms. The first-order chi connectivity index (χ1) is 10.3. The molecule has 2 aromatic rings. The smallest absolute Gasteiger partial charge is 0.107 e. The molecule has 3 rings (SSSR count). The monoisotopic (exact) mass is 301 g/mol. The van der Waals surface area contributed by atoms with Gasteiger partial charge in [0.15, 0.2) is 0 Å². The van der Waals surface area contributed by atoms with E-state index in [1.807, 2.05) is 6.07 Å². The lowest BCUT2D eigenvalue weighted by Crippen LogP contribution is -2.30. The minimum absolute atomic E-state index is 0.995. The molecule has 0 aliphatic carbocycles. The number of hydrogen-bond donors (Lipinski definition) is 0. The van der Waals surface area contributed by atoms with E-state index in [-0.39, 0.29) is 0 Å². The van der Waals surface area contributed by atoms with E-state index in [0.29, 0.717) is 0 Å². The van der Waals surface area contributed by atoms with Crippen LogP contribution in [0, 0.1) is 0 Å². The van der Waals surface area contributed by atoms with Gasteiger partial charge in [0.2, 0.25) is 0 Å². The highest BCUT2D eigenvalue weighted by Crippen LogP contribution is 2.22. The lowest BCUT2D eigenvalue weighted by Gasteiger charge is -2.19. The number of rotatable bonds is 4. The summed E-state index contributed by atoms with van der Waals surface area (Å²) in [6.45, 7) is 9.19. The Labute approximate surface area is 131 Å². The normalized spacial score (nSPS) is 17.8. The van der Waals surface area contributed by atoms with Crippen LogP contribution in [0.4, 0.5) is 0 Å². The molecule has 4 heteroatoms. The van der Waals surface area contributed by atoms with Crippen LogP contribution in [0.2, 0.25) is 0 Å². The van der Waals surface area contributed by atoms with Gasteiger partial charge in [0.05, 0.1) is 12.2 Å². The summed E-state index contributed by atoms with van der Waals surface area (Å²) in [5, 5.41) is 3.42. The lowest BCUT2D eigenvalue weighted by atomic mass is 10.2. The first-order valence-electron chi connectivity index (χ1n) is 7.79. The van der Waals surface area contributed by atoms with Gasteiger partial charge in [-0.3, -0.25) is 4.90 Å². The van der Waals surface area contributed by atoms with Gasteiger partial charge in [-0.2, -0.15) is 0 Å². The van der Waals surface area contributed by atoms with E-state index >= 15 is 0 Å². The van der Waals surface area contributed by atoms with Crippen LogP contribution < -0.4 is 0 Å². The summed E-state index contributed by atoms with van der Waals surface area (Å²) in [5.74, 6) is 0. The van der Waals surface area contributed by atoms with Gasteiger partial charge >= 0.3 is 0 Å². The minimum atomic E-state index is 0.995. The molecule has 0 amide bonds. The number of thiazole rings is 1. The van der Waals surface area contributed by atoms with Crippen molar-refractivity contribution >= 4 is 11.3 Å². The fourth-order valence-corrected chi connectivity index (χ4v) is 3.66. The van der Waals surface area contributed by atoms with Crippen LogP contribution in [0.25, 0.3) is 11.3 Å². The Morgan fingerprint density at radius 2 is 1.81 bits per heavy atom. The second-order valence-corrected chi connectivity index (χ2v) is 6.50. The molecule has 1 aliphatic rings. The van der Waals surface area contributed by atoms with E-state index in [1.54, 1.807) is 11.3 Å². The Morgan fingerprint density at radius 3 is 2.62 bits per heavy atom. The van der Waals surface area contributed by atoms with Crippen molar-refractivity contribution < 1.29 is 0 Å². The molecule has 2 heterocycles. The summed E-state index contributed by atoms with van der Waals surface area (Å²) in [4.78, 5) is 9.89. The second kappa shape index (κ2) is 7.16. The van der Waals surface area contributed by atoms with Crippen LogP contribution in [0.15, 0.2) is 35.7 Å². The highest BCUT2D eigenvalue weighted by Gasteiger charge is 2.15. The molecule has 0 N–H and O–H groups in total. The summed E-state index contributed by atoms with van der Waals surface area (Å²) in [7, 11) is 0. The maximum Gasteiger partial charge on any atom is 0.107 e. The van der Waals surface area contributed by atoms with Crippen molar-refractivity contribution in [3.05, 3.63) is 40.7 Å². The SMILES string of the molecule is CCN1CCCN(Cc2nc(-c3ccccc3)cs2)CC1. The van der Waals surface area contributed by atoms with Crippen LogP contribution in [-0.4, -0.2) is 47.5 Å². The largest absolute Gasteiger partial charge is 0.302 e. The van der Waals surface area contributed by atoms with Gasteiger partial charge in [0, 0.05) is 24.0 Å². The van der Waals surface area contributed by atoms with Crippen molar-refractivity contribution in [1.29, 1.82) is 0 Å². The topological polar surface area (TPSA) is 19.4 Å². The van der Waals surface area contributed by atoms with Crippen molar-refractivity contribution in [2.24, 2.45) is 0 Å². The summed E-state index contributed by atoms with van der Waals surface area (Å²) in [6, 6.07) is 10.5. The summed E-state index contributed by atoms with van der Waals surface area (Å²) in [5.41, 5.74) is 2.33. The van der Waals surface area contributed by atoms with Crippen molar-refractivity contribution in [2.45, 2.75) is 19.9 Å². The number of hydrogen-bond acceptors (Lipinski definition) is 4. The highest BCUT2D eigenvalue weighted by molar-refractivity contribution is 7.09. The molecule has 1 aromatic heterocycles. The maximum absolute atomic E-state index is 4.81. The highest BCUT2D eigenvalue weighted by atomic mass is 32.1. The molecule has 0 atom stereocenters. The van der Waals surface area contributed by atoms with Crippen LogP contribution in [-0.2, 0) is 6.54 Å². The van der Waals surface area contributed by atoms with Gasteiger partial charge < -0.3 is 4.90 Å². The molecule has 1 aromatic carbocycles. The lowest BCUT2D eigenvalue weighted by molar-refractivity contribution is 0.257. The van der Waals surface area contributed by atoms with E-state index in [9.17, 15) is 0 Å². The molecule has 1 aliphatic heterocycles. The fourth-order valence-electron chi connectivity index (χ4n) is 2.82. The Bertz CT molecular complexity index is 552. The predicted octanol–water partition coefficient (Wildman–Crippen LogP) is 3.34. The van der Waals surface area contributed by atoms with Crippen LogP contribution in [0.5, 0.6) is 0 Å². The molecule has 0 saturated carbocycles. The Kier molecular flexibility index (Phi) is 5.01. The predicted molar refractivity (Wildman–Crippen MR) is 89.6 cm³/mol. The van der Waals surface area contributed by atoms with Crippen LogP contribution in [0.3, 0.4) is 0 Å². The third kappa shape index (κ3) is 3.90. The molecule has 0 radical (unpaired) electrons. The standard InChI is InChI=1S/C17H23N3S/c1-2-19-9-6-10-20(12-11-19)13-17-18-16(14-21-17)15-7-4-3-5-8-15/h3-5,7-8,14H,2,6,9-13H2,1H3. The van der Waals surface area contributed by atoms with E-state index in [1.165, 1.54) is 43.2 Å². The van der Waals surface area contributed by atoms with Gasteiger partial charge in [-0.05, 0) is 26.1 Å². The fraction of sp³-hybridized carbons (Fsp3) is 0.471. The zero-order valence-corrected chi connectivity index (χ0v) is 13.5. The van der Waals surface area contributed by atoms with Gasteiger partial charge in [-0.1, -0.05) is 37.3 Å². The van der Waals surface area contributed by atoms with Crippen LogP contribution in [0.1, 0.15) is 18.4 Å². The minimum Gasteiger partial charge on any atom is -0.302 e. The zero-order chi connectivity index (χ0) is 14.5. The Hall–Kier alpha value is -1.23. The van der Waals surface area contributed by atoms with E-state index < -0.39 is 0 Å². The molecule has 21 heavy (non-hydrogen) atoms. The van der Waals surface area contributed by atoms with Crippen molar-refractivity contribution in [2.75, 3.05) is 32.7 Å². The summed E-state index contributed by atoms with van der Waals surface area (Å²) >= 11 is 1.79. The van der Waals surface area contributed by atoms with Gasteiger partial charge in [-0.15, -0.1) is 11.3 Å². The first-order valence-corrected chi connectivity index (χ1v) is 8.67. The zero-order valence-electron chi connectivity index (χ0n) is 12.7. The Balaban J connectivity index is 1.62. The molecule has 112 valence electrons. The number of likely N-dealkylation sites (N-methyl/N-ethyl adjacent to an activating group) is 1. The third-order valence-electron chi connectivity index (χ3n) is 4.11. The van der Waals surface area contributed by atoms with E-state index in [2.05, 4.69) is 46.4 Å². The quantitative estimate of drug-likeness (QED) is 0.863. The summed E-state index contributed by atoms with van der Waals surface area (Å²) in [6.07, 6.45) is 1.27. The third-order valence-corrected chi connectivity index (χ3v) is 4.94. The van der Waals surface area contributed by atoms with Gasteiger partial charge in [0.1, 0.15) is 5.01 Å². The van der Waals surface area contributed by atoms with E-state index in [0.717, 1.165) is 18.8 Å². The van der Waals surface area contributed by atoms with Crippen molar-refractivity contribution in [3.8, 4) is 11.3 Å². The molecular formula is C17H23N3S. The van der Waals surface area contributed by atoms with Crippen LogP contribution >= 0.6 is 11.3 Å².